The fourth-order valence-corrected chi connectivity index (χ4v) is 3.51. The highest BCUT2D eigenvalue weighted by atomic mass is 16.3. The third-order valence-corrected chi connectivity index (χ3v) is 5.68. The first-order chi connectivity index (χ1) is 10.2. The van der Waals surface area contributed by atoms with Crippen LogP contribution >= 0.6 is 0 Å². The zero-order valence-corrected chi connectivity index (χ0v) is 13.7. The summed E-state index contributed by atoms with van der Waals surface area (Å²) in [5.41, 5.74) is 1.91. The van der Waals surface area contributed by atoms with E-state index in [0.29, 0.717) is 5.41 Å². The maximum absolute atomic E-state index is 5.74. The lowest BCUT2D eigenvalue weighted by molar-refractivity contribution is 0.0863. The second-order valence-electron chi connectivity index (χ2n) is 7.06. The summed E-state index contributed by atoms with van der Waals surface area (Å²) in [6.07, 6.45) is 9.96. The Balaban J connectivity index is 1.46. The number of piperidine rings is 1. The minimum Gasteiger partial charge on any atom is -0.468 e. The number of furan rings is 1. The predicted molar refractivity (Wildman–Crippen MR) is 86.1 cm³/mol. The molecule has 2 aliphatic rings. The Morgan fingerprint density at radius 3 is 2.57 bits per heavy atom. The molecule has 3 nitrogen and oxygen atoms in total. The Morgan fingerprint density at radius 1 is 1.24 bits per heavy atom. The lowest BCUT2D eigenvalue weighted by Crippen LogP contribution is -2.39. The molecule has 1 N–H and O–H groups in total. The molecule has 1 aromatic rings. The standard InChI is InChI=1S/C18H30N2O/c1-3-18(4-2)7-9-20(10-8-18)13-17-11-15(14-21-17)12-19-16-5-6-16/h11,14,16,19H,3-10,12-13H2,1-2H3. The Bertz CT molecular complexity index is 436. The van der Waals surface area contributed by atoms with Crippen molar-refractivity contribution in [3.05, 3.63) is 23.7 Å². The Labute approximate surface area is 129 Å². The average Bonchev–Trinajstić information content (AvgIpc) is 3.26. The molecule has 2 heterocycles. The summed E-state index contributed by atoms with van der Waals surface area (Å²) in [5, 5.41) is 3.54. The van der Waals surface area contributed by atoms with Crippen molar-refractivity contribution >= 4 is 0 Å². The lowest BCUT2D eigenvalue weighted by Gasteiger charge is -2.40. The fraction of sp³-hybridized carbons (Fsp3) is 0.778. The maximum atomic E-state index is 5.74. The van der Waals surface area contributed by atoms with Gasteiger partial charge in [-0.25, -0.2) is 0 Å². The van der Waals surface area contributed by atoms with Crippen LogP contribution in [-0.2, 0) is 13.1 Å². The van der Waals surface area contributed by atoms with Gasteiger partial charge in [0.1, 0.15) is 5.76 Å². The summed E-state index contributed by atoms with van der Waals surface area (Å²) in [7, 11) is 0. The van der Waals surface area contributed by atoms with Crippen LogP contribution in [0.5, 0.6) is 0 Å². The molecule has 2 fully saturated rings. The number of nitrogens with one attached hydrogen (secondary N) is 1. The highest BCUT2D eigenvalue weighted by Gasteiger charge is 2.31. The molecule has 118 valence electrons. The smallest absolute Gasteiger partial charge is 0.118 e. The molecule has 1 aliphatic heterocycles. The molecule has 1 saturated heterocycles. The highest BCUT2D eigenvalue weighted by Crippen LogP contribution is 2.38. The maximum Gasteiger partial charge on any atom is 0.118 e. The van der Waals surface area contributed by atoms with Gasteiger partial charge >= 0.3 is 0 Å². The first-order valence-electron chi connectivity index (χ1n) is 8.75. The van der Waals surface area contributed by atoms with Crippen LogP contribution in [0, 0.1) is 5.41 Å². The van der Waals surface area contributed by atoms with Gasteiger partial charge in [-0.2, -0.15) is 0 Å². The Morgan fingerprint density at radius 2 is 1.95 bits per heavy atom. The number of rotatable bonds is 7. The third kappa shape index (κ3) is 3.89. The summed E-state index contributed by atoms with van der Waals surface area (Å²) in [6.45, 7) is 9.08. The minimum absolute atomic E-state index is 0.610. The molecular formula is C18H30N2O. The minimum atomic E-state index is 0.610. The normalized spacial score (nSPS) is 22.6. The van der Waals surface area contributed by atoms with Gasteiger partial charge < -0.3 is 9.73 Å². The molecule has 0 unspecified atom stereocenters. The predicted octanol–water partition coefficient (Wildman–Crippen LogP) is 3.93. The van der Waals surface area contributed by atoms with Crippen LogP contribution in [0.25, 0.3) is 0 Å². The molecule has 0 radical (unpaired) electrons. The molecule has 0 atom stereocenters. The van der Waals surface area contributed by atoms with Crippen molar-refractivity contribution in [2.24, 2.45) is 5.41 Å². The van der Waals surface area contributed by atoms with E-state index in [-0.39, 0.29) is 0 Å². The summed E-state index contributed by atoms with van der Waals surface area (Å²) in [5.74, 6) is 1.13. The van der Waals surface area contributed by atoms with E-state index in [2.05, 4.69) is 30.1 Å². The van der Waals surface area contributed by atoms with E-state index >= 15 is 0 Å². The van der Waals surface area contributed by atoms with Gasteiger partial charge in [0.2, 0.25) is 0 Å². The van der Waals surface area contributed by atoms with Crippen LogP contribution in [0.1, 0.15) is 63.7 Å². The van der Waals surface area contributed by atoms with E-state index in [1.54, 1.807) is 0 Å². The van der Waals surface area contributed by atoms with Gasteiger partial charge in [0.05, 0.1) is 12.8 Å². The molecule has 3 rings (SSSR count). The third-order valence-electron chi connectivity index (χ3n) is 5.68. The summed E-state index contributed by atoms with van der Waals surface area (Å²) < 4.78 is 5.74. The zero-order valence-electron chi connectivity index (χ0n) is 13.7. The van der Waals surface area contributed by atoms with Crippen LogP contribution in [-0.4, -0.2) is 24.0 Å². The average molecular weight is 290 g/mol. The SMILES string of the molecule is CCC1(CC)CCN(Cc2cc(CNC3CC3)co2)CC1. The van der Waals surface area contributed by atoms with Gasteiger partial charge in [0.15, 0.2) is 0 Å². The van der Waals surface area contributed by atoms with Gasteiger partial charge in [-0.15, -0.1) is 0 Å². The Hall–Kier alpha value is -0.800. The number of likely N-dealkylation sites (tertiary alicyclic amines) is 1. The van der Waals surface area contributed by atoms with Crippen LogP contribution in [0.3, 0.4) is 0 Å². The monoisotopic (exact) mass is 290 g/mol. The molecule has 0 spiro atoms. The number of nitrogens with zero attached hydrogens (tertiary/aromatic N) is 1. The Kier molecular flexibility index (Phi) is 4.70. The quantitative estimate of drug-likeness (QED) is 0.824. The van der Waals surface area contributed by atoms with Gasteiger partial charge in [0.25, 0.3) is 0 Å². The molecule has 0 amide bonds. The van der Waals surface area contributed by atoms with Crippen molar-refractivity contribution in [2.75, 3.05) is 13.1 Å². The van der Waals surface area contributed by atoms with E-state index in [9.17, 15) is 0 Å². The van der Waals surface area contributed by atoms with Crippen molar-refractivity contribution in [3.8, 4) is 0 Å². The van der Waals surface area contributed by atoms with Gasteiger partial charge in [-0.05, 0) is 50.3 Å². The van der Waals surface area contributed by atoms with Gasteiger partial charge in [-0.1, -0.05) is 26.7 Å². The van der Waals surface area contributed by atoms with Gasteiger partial charge in [0, 0.05) is 18.2 Å². The molecule has 21 heavy (non-hydrogen) atoms. The highest BCUT2D eigenvalue weighted by molar-refractivity contribution is 5.13. The van der Waals surface area contributed by atoms with E-state index in [0.717, 1.165) is 24.9 Å². The van der Waals surface area contributed by atoms with Crippen LogP contribution in [0.15, 0.2) is 16.7 Å². The van der Waals surface area contributed by atoms with Crippen molar-refractivity contribution in [1.82, 2.24) is 10.2 Å². The van der Waals surface area contributed by atoms with E-state index in [1.807, 2.05) is 6.26 Å². The summed E-state index contributed by atoms with van der Waals surface area (Å²) >= 11 is 0. The van der Waals surface area contributed by atoms with Crippen LogP contribution in [0.2, 0.25) is 0 Å². The van der Waals surface area contributed by atoms with E-state index in [1.165, 1.54) is 57.2 Å². The number of hydrogen-bond donors (Lipinski definition) is 1. The second kappa shape index (κ2) is 6.53. The topological polar surface area (TPSA) is 28.4 Å². The molecule has 0 bridgehead atoms. The summed E-state index contributed by atoms with van der Waals surface area (Å²) in [4.78, 5) is 2.56. The number of hydrogen-bond acceptors (Lipinski definition) is 3. The molecule has 1 aliphatic carbocycles. The molecule has 3 heteroatoms. The molecular weight excluding hydrogens is 260 g/mol. The zero-order chi connectivity index (χ0) is 14.7. The van der Waals surface area contributed by atoms with Crippen molar-refractivity contribution < 1.29 is 4.42 Å². The fourth-order valence-electron chi connectivity index (χ4n) is 3.51. The van der Waals surface area contributed by atoms with Crippen molar-refractivity contribution in [2.45, 2.75) is 71.5 Å². The molecule has 1 aromatic heterocycles. The van der Waals surface area contributed by atoms with Crippen molar-refractivity contribution in [1.29, 1.82) is 0 Å². The van der Waals surface area contributed by atoms with Gasteiger partial charge in [-0.3, -0.25) is 4.90 Å². The molecule has 0 aromatic carbocycles. The largest absolute Gasteiger partial charge is 0.468 e. The second-order valence-corrected chi connectivity index (χ2v) is 7.06. The van der Waals surface area contributed by atoms with E-state index < -0.39 is 0 Å². The lowest BCUT2D eigenvalue weighted by atomic mass is 9.74. The summed E-state index contributed by atoms with van der Waals surface area (Å²) in [6, 6.07) is 3.00. The van der Waals surface area contributed by atoms with Crippen LogP contribution in [0.4, 0.5) is 0 Å². The van der Waals surface area contributed by atoms with Crippen LogP contribution < -0.4 is 5.32 Å². The molecule has 1 saturated carbocycles. The van der Waals surface area contributed by atoms with Crippen molar-refractivity contribution in [3.63, 3.8) is 0 Å². The first-order valence-corrected chi connectivity index (χ1v) is 8.75. The van der Waals surface area contributed by atoms with E-state index in [4.69, 9.17) is 4.42 Å². The first kappa shape index (κ1) is 15.1.